The molecule has 1 unspecified atom stereocenters. The maximum Gasteiger partial charge on any atom is 0.126 e. The molecule has 1 N–H and O–H groups in total. The largest absolute Gasteiger partial charge is 0.507 e. The minimum absolute atomic E-state index is 0.0502. The summed E-state index contributed by atoms with van der Waals surface area (Å²) >= 11 is 7.30. The van der Waals surface area contributed by atoms with E-state index in [4.69, 9.17) is 17.0 Å². The Morgan fingerprint density at radius 3 is 2.08 bits per heavy atom. The molecule has 1 aliphatic rings. The average Bonchev–Trinajstić information content (AvgIpc) is 2.51. The molecule has 0 aliphatic carbocycles. The fourth-order valence-electron chi connectivity index (χ4n) is 2.66. The molecule has 0 spiro atoms. The van der Waals surface area contributed by atoms with Crippen LogP contribution in [-0.4, -0.2) is 21.2 Å². The van der Waals surface area contributed by atoms with Gasteiger partial charge < -0.3 is 9.84 Å². The molecule has 0 amide bonds. The Morgan fingerprint density at radius 1 is 1.08 bits per heavy atom. The van der Waals surface area contributed by atoms with Gasteiger partial charge in [0.1, 0.15) is 11.9 Å². The molecule has 1 aromatic carbocycles. The molecule has 0 radical (unpaired) electrons. The minimum atomic E-state index is -0.152. The van der Waals surface area contributed by atoms with Crippen molar-refractivity contribution in [1.82, 2.24) is 0 Å². The Bertz CT molecular complexity index is 669. The molecular formula is C21H28O2S2. The molecule has 136 valence electrons. The zero-order chi connectivity index (χ0) is 18.8. The Labute approximate surface area is 161 Å². The van der Waals surface area contributed by atoms with Gasteiger partial charge in [0.15, 0.2) is 0 Å². The van der Waals surface area contributed by atoms with Crippen LogP contribution in [0.3, 0.4) is 0 Å². The first-order valence-electron chi connectivity index (χ1n) is 8.54. The lowest BCUT2D eigenvalue weighted by Crippen LogP contribution is -2.19. The van der Waals surface area contributed by atoms with E-state index < -0.39 is 0 Å². The Balaban J connectivity index is 2.31. The van der Waals surface area contributed by atoms with E-state index in [0.29, 0.717) is 5.75 Å². The van der Waals surface area contributed by atoms with Crippen LogP contribution in [0.15, 0.2) is 36.6 Å². The second-order valence-electron chi connectivity index (χ2n) is 8.41. The number of phenolic OH excluding ortho intramolecular Hbond substituents is 1. The Morgan fingerprint density at radius 2 is 1.64 bits per heavy atom. The van der Waals surface area contributed by atoms with E-state index in [1.165, 1.54) is 0 Å². The van der Waals surface area contributed by atoms with Gasteiger partial charge in [-0.25, -0.2) is 0 Å². The molecule has 4 heteroatoms. The summed E-state index contributed by atoms with van der Waals surface area (Å²) in [6, 6.07) is 4.08. The van der Waals surface area contributed by atoms with E-state index in [9.17, 15) is 5.11 Å². The van der Waals surface area contributed by atoms with Crippen LogP contribution in [-0.2, 0) is 15.6 Å². The monoisotopic (exact) mass is 376 g/mol. The lowest BCUT2D eigenvalue weighted by atomic mass is 9.78. The summed E-state index contributed by atoms with van der Waals surface area (Å²) in [7, 11) is 0. The molecule has 0 fully saturated rings. The van der Waals surface area contributed by atoms with Crippen molar-refractivity contribution in [3.63, 3.8) is 0 Å². The van der Waals surface area contributed by atoms with Crippen LogP contribution in [0.25, 0.3) is 0 Å². The predicted octanol–water partition coefficient (Wildman–Crippen LogP) is 5.86. The lowest BCUT2D eigenvalue weighted by molar-refractivity contribution is 0.204. The fourth-order valence-corrected chi connectivity index (χ4v) is 3.77. The van der Waals surface area contributed by atoms with Gasteiger partial charge in [0.05, 0.1) is 10.5 Å². The van der Waals surface area contributed by atoms with Crippen molar-refractivity contribution in [3.05, 3.63) is 53.3 Å². The molecule has 0 bridgehead atoms. The van der Waals surface area contributed by atoms with E-state index in [-0.39, 0.29) is 16.9 Å². The first-order valence-corrected chi connectivity index (χ1v) is 9.93. The summed E-state index contributed by atoms with van der Waals surface area (Å²) in [5, 5.41) is 10.8. The van der Waals surface area contributed by atoms with Gasteiger partial charge in [0.2, 0.25) is 0 Å². The van der Waals surface area contributed by atoms with Gasteiger partial charge >= 0.3 is 0 Å². The summed E-state index contributed by atoms with van der Waals surface area (Å²) in [6.07, 6.45) is 7.67. The molecule has 2 nitrogen and oxygen atoms in total. The van der Waals surface area contributed by atoms with Crippen LogP contribution < -0.4 is 0 Å². The quantitative estimate of drug-likeness (QED) is 0.669. The molecule has 0 saturated carbocycles. The highest BCUT2D eigenvalue weighted by molar-refractivity contribution is 8.23. The Kier molecular flexibility index (Phi) is 6.05. The number of rotatable bonds is 3. The lowest BCUT2D eigenvalue weighted by Gasteiger charge is -2.28. The smallest absolute Gasteiger partial charge is 0.126 e. The number of thiocarbonyl (C=S) groups is 1. The van der Waals surface area contributed by atoms with Gasteiger partial charge in [-0.15, -0.1) is 11.8 Å². The second kappa shape index (κ2) is 7.55. The molecule has 2 rings (SSSR count). The van der Waals surface area contributed by atoms with Crippen LogP contribution in [0.5, 0.6) is 5.75 Å². The van der Waals surface area contributed by atoms with Gasteiger partial charge in [-0.2, -0.15) is 0 Å². The zero-order valence-electron chi connectivity index (χ0n) is 15.9. The third-order valence-electron chi connectivity index (χ3n) is 4.11. The van der Waals surface area contributed by atoms with Crippen molar-refractivity contribution < 1.29 is 9.84 Å². The highest BCUT2D eigenvalue weighted by atomic mass is 32.2. The fraction of sp³-hybridized carbons (Fsp3) is 0.476. The Hall–Kier alpha value is -1.26. The number of aromatic hydroxyl groups is 1. The van der Waals surface area contributed by atoms with E-state index in [1.54, 1.807) is 18.0 Å². The number of allylic oxidation sites excluding steroid dienone is 2. The number of hydrogen-bond acceptors (Lipinski definition) is 4. The number of ether oxygens (including phenoxy) is 1. The highest BCUT2D eigenvalue weighted by Crippen LogP contribution is 2.40. The van der Waals surface area contributed by atoms with Crippen LogP contribution in [0.2, 0.25) is 0 Å². The minimum Gasteiger partial charge on any atom is -0.507 e. The number of benzene rings is 1. The van der Waals surface area contributed by atoms with Crippen LogP contribution in [0.4, 0.5) is 0 Å². The van der Waals surface area contributed by atoms with E-state index in [1.807, 2.05) is 30.4 Å². The summed E-state index contributed by atoms with van der Waals surface area (Å²) in [5.74, 6) is 1.16. The van der Waals surface area contributed by atoms with Crippen molar-refractivity contribution in [2.75, 3.05) is 5.75 Å². The first kappa shape index (κ1) is 20.1. The van der Waals surface area contributed by atoms with Crippen LogP contribution >= 0.6 is 24.0 Å². The van der Waals surface area contributed by atoms with Crippen molar-refractivity contribution in [1.29, 1.82) is 0 Å². The summed E-state index contributed by atoms with van der Waals surface area (Å²) in [6.45, 7) is 12.7. The highest BCUT2D eigenvalue weighted by Gasteiger charge is 2.27. The summed E-state index contributed by atoms with van der Waals surface area (Å²) < 4.78 is 6.39. The van der Waals surface area contributed by atoms with Gasteiger partial charge in [0, 0.05) is 16.9 Å². The molecule has 25 heavy (non-hydrogen) atoms. The standard InChI is InChI=1S/C21H28O2S2/c1-20(2,3)16-11-14(12-17(18(16)22)21(4,5)6)19(24)25-13-15-9-7-8-10-23-15/h7-12,15,22H,13H2,1-6H3. The second-order valence-corrected chi connectivity index (χ2v) is 10.1. The molecule has 0 aromatic heterocycles. The topological polar surface area (TPSA) is 29.5 Å². The van der Waals surface area contributed by atoms with Crippen LogP contribution in [0, 0.1) is 0 Å². The van der Waals surface area contributed by atoms with Crippen molar-refractivity contribution in [2.45, 2.75) is 58.5 Å². The van der Waals surface area contributed by atoms with Crippen molar-refractivity contribution in [3.8, 4) is 5.75 Å². The van der Waals surface area contributed by atoms with Crippen LogP contribution in [0.1, 0.15) is 58.2 Å². The van der Waals surface area contributed by atoms with E-state index in [2.05, 4.69) is 41.5 Å². The van der Waals surface area contributed by atoms with Crippen molar-refractivity contribution in [2.24, 2.45) is 0 Å². The van der Waals surface area contributed by atoms with Gasteiger partial charge in [-0.3, -0.25) is 0 Å². The number of phenols is 1. The molecule has 1 aliphatic heterocycles. The molecule has 1 atom stereocenters. The average molecular weight is 377 g/mol. The molecule has 1 aromatic rings. The summed E-state index contributed by atoms with van der Waals surface area (Å²) in [5.41, 5.74) is 2.58. The van der Waals surface area contributed by atoms with E-state index >= 15 is 0 Å². The zero-order valence-corrected chi connectivity index (χ0v) is 17.6. The third kappa shape index (κ3) is 5.11. The van der Waals surface area contributed by atoms with Gasteiger partial charge in [-0.1, -0.05) is 59.8 Å². The van der Waals surface area contributed by atoms with E-state index in [0.717, 1.165) is 26.6 Å². The predicted molar refractivity (Wildman–Crippen MR) is 113 cm³/mol. The molecular weight excluding hydrogens is 348 g/mol. The first-order chi connectivity index (χ1) is 11.5. The molecule has 0 saturated heterocycles. The third-order valence-corrected chi connectivity index (χ3v) is 5.69. The normalized spacial score (nSPS) is 17.4. The summed E-state index contributed by atoms with van der Waals surface area (Å²) in [4.78, 5) is 0. The SMILES string of the molecule is CC(C)(C)c1cc(C(=S)SCC2C=CC=CO2)cc(C(C)(C)C)c1O. The maximum absolute atomic E-state index is 10.8. The van der Waals surface area contributed by atoms with Gasteiger partial charge in [0.25, 0.3) is 0 Å². The number of hydrogen-bond donors (Lipinski definition) is 1. The maximum atomic E-state index is 10.8. The molecule has 1 heterocycles. The van der Waals surface area contributed by atoms with Crippen molar-refractivity contribution >= 4 is 28.2 Å². The number of thioether (sulfide) groups is 1. The van der Waals surface area contributed by atoms with Gasteiger partial charge in [-0.05, 0) is 40.7 Å².